The summed E-state index contributed by atoms with van der Waals surface area (Å²) in [7, 11) is 1.41. The lowest BCUT2D eigenvalue weighted by molar-refractivity contribution is -0.131. The number of amides is 4. The minimum Gasteiger partial charge on any atom is -0.503 e. The van der Waals surface area contributed by atoms with Crippen molar-refractivity contribution < 1.29 is 33.4 Å². The zero-order valence-corrected chi connectivity index (χ0v) is 30.0. The lowest BCUT2D eigenvalue weighted by Crippen LogP contribution is -2.49. The highest BCUT2D eigenvalue weighted by Gasteiger charge is 2.68. The Bertz CT molecular complexity index is 1970. The highest BCUT2D eigenvalue weighted by atomic mass is 79.9. The van der Waals surface area contributed by atoms with Crippen LogP contribution in [0.4, 0.5) is 15.8 Å². The largest absolute Gasteiger partial charge is 0.503 e. The molecule has 12 heteroatoms. The van der Waals surface area contributed by atoms with Crippen molar-refractivity contribution in [2.75, 3.05) is 16.9 Å². The Balaban J connectivity index is 1.40. The third kappa shape index (κ3) is 4.56. The normalized spacial score (nSPS) is 28.0. The molecule has 3 aromatic carbocycles. The van der Waals surface area contributed by atoms with Crippen molar-refractivity contribution in [2.24, 2.45) is 29.1 Å². The summed E-state index contributed by atoms with van der Waals surface area (Å²) in [5, 5.41) is 10.6. The predicted octanol–water partition coefficient (Wildman–Crippen LogP) is 7.72. The van der Waals surface area contributed by atoms with Crippen molar-refractivity contribution in [1.29, 1.82) is 0 Å². The number of aryl methyl sites for hydroxylation is 1. The monoisotopic (exact) mass is 798 g/mol. The number of hydrogen-bond acceptors (Lipinski definition) is 6. The van der Waals surface area contributed by atoms with Crippen LogP contribution >= 0.6 is 43.5 Å². The van der Waals surface area contributed by atoms with Crippen LogP contribution in [0.2, 0.25) is 5.02 Å². The molecule has 248 valence electrons. The molecule has 6 unspecified atom stereocenters. The number of halogens is 4. The molecule has 8 nitrogen and oxygen atoms in total. The molecule has 4 amide bonds. The Morgan fingerprint density at radius 3 is 2.29 bits per heavy atom. The van der Waals surface area contributed by atoms with Crippen molar-refractivity contribution in [3.05, 3.63) is 91.1 Å². The van der Waals surface area contributed by atoms with Crippen molar-refractivity contribution >= 4 is 78.5 Å². The molecule has 0 bridgehead atoms. The zero-order valence-electron chi connectivity index (χ0n) is 26.1. The van der Waals surface area contributed by atoms with E-state index in [1.165, 1.54) is 24.1 Å². The van der Waals surface area contributed by atoms with Crippen LogP contribution in [-0.2, 0) is 25.6 Å². The van der Waals surface area contributed by atoms with Gasteiger partial charge < -0.3 is 9.84 Å². The van der Waals surface area contributed by atoms with Crippen LogP contribution in [0.25, 0.3) is 0 Å². The van der Waals surface area contributed by atoms with E-state index in [4.69, 9.17) is 16.3 Å². The van der Waals surface area contributed by atoms with Gasteiger partial charge in [-0.15, -0.1) is 0 Å². The first-order valence-electron chi connectivity index (χ1n) is 15.6. The number of anilines is 2. The molecular formula is C36H30Br2ClFN2O6. The fraction of sp³-hybridized carbons (Fsp3) is 0.333. The molecule has 2 aliphatic heterocycles. The van der Waals surface area contributed by atoms with Gasteiger partial charge >= 0.3 is 0 Å². The molecule has 0 aromatic heterocycles. The average Bonchev–Trinajstić information content (AvgIpc) is 3.45. The molecule has 2 saturated heterocycles. The summed E-state index contributed by atoms with van der Waals surface area (Å²) in [4.78, 5) is 59.7. The fourth-order valence-corrected chi connectivity index (χ4v) is 9.47. The number of benzene rings is 3. The molecule has 2 heterocycles. The first-order valence-corrected chi connectivity index (χ1v) is 17.6. The summed E-state index contributed by atoms with van der Waals surface area (Å²) in [5.41, 5.74) is 1.65. The molecule has 1 saturated carbocycles. The molecular weight excluding hydrogens is 771 g/mol. The maximum Gasteiger partial charge on any atom is 0.241 e. The number of rotatable bonds is 5. The minimum absolute atomic E-state index is 0.137. The number of allylic oxidation sites excluding steroid dienone is 2. The van der Waals surface area contributed by atoms with Gasteiger partial charge in [0.2, 0.25) is 23.6 Å². The SMILES string of the molecule is CCc1ccc(N2C(=O)C3CC=C4C(CC5C(=O)N(c6ccc(F)c(Cl)c6)C(=O)C5(C)C4c4cc(OC)c(O)c(Br)c4Br)C3C2=O)cc1. The number of nitrogens with zero attached hydrogens (tertiary/aromatic N) is 2. The van der Waals surface area contributed by atoms with Gasteiger partial charge in [-0.05, 0) is 111 Å². The van der Waals surface area contributed by atoms with Crippen molar-refractivity contribution in [3.8, 4) is 11.5 Å². The Morgan fingerprint density at radius 2 is 1.65 bits per heavy atom. The van der Waals surface area contributed by atoms with Gasteiger partial charge in [-0.3, -0.25) is 24.1 Å². The number of carbonyl (C=O) groups is 4. The Hall–Kier alpha value is -3.54. The standard InChI is InChI=1S/C36H30Br2ClFN2O6/c1-4-16-5-7-17(8-6-16)41-32(44)20-11-10-19-21(27(20)34(41)46)14-23-33(45)42(18-9-12-25(40)24(39)13-18)35(47)36(23,2)28(19)22-15-26(48-3)31(43)30(38)29(22)37/h5-10,12-13,15,20-21,23,27-28,43H,4,11,14H2,1-3H3. The highest BCUT2D eigenvalue weighted by molar-refractivity contribution is 9.13. The summed E-state index contributed by atoms with van der Waals surface area (Å²) >= 11 is 13.2. The quantitative estimate of drug-likeness (QED) is 0.210. The molecule has 3 fully saturated rings. The van der Waals surface area contributed by atoms with E-state index in [2.05, 4.69) is 31.9 Å². The Labute approximate surface area is 298 Å². The van der Waals surface area contributed by atoms with E-state index in [0.29, 0.717) is 20.2 Å². The third-order valence-corrected chi connectivity index (χ3v) is 13.2. The number of ether oxygens (including phenoxy) is 1. The van der Waals surface area contributed by atoms with Crippen LogP contribution in [-0.4, -0.2) is 35.8 Å². The van der Waals surface area contributed by atoms with Gasteiger partial charge in [0.25, 0.3) is 0 Å². The number of methoxy groups -OCH3 is 1. The van der Waals surface area contributed by atoms with Crippen molar-refractivity contribution in [2.45, 2.75) is 39.0 Å². The van der Waals surface area contributed by atoms with E-state index in [1.54, 1.807) is 25.1 Å². The molecule has 48 heavy (non-hydrogen) atoms. The molecule has 1 N–H and O–H groups in total. The lowest BCUT2D eigenvalue weighted by Gasteiger charge is -2.49. The van der Waals surface area contributed by atoms with Crippen LogP contribution in [0.1, 0.15) is 43.7 Å². The van der Waals surface area contributed by atoms with Gasteiger partial charge in [0.15, 0.2) is 11.5 Å². The van der Waals surface area contributed by atoms with Gasteiger partial charge in [0.1, 0.15) is 5.82 Å². The molecule has 7 rings (SSSR count). The zero-order chi connectivity index (χ0) is 34.4. The van der Waals surface area contributed by atoms with E-state index in [1.807, 2.05) is 25.1 Å². The van der Waals surface area contributed by atoms with Crippen LogP contribution in [0.3, 0.4) is 0 Å². The average molecular weight is 801 g/mol. The van der Waals surface area contributed by atoms with Crippen molar-refractivity contribution in [1.82, 2.24) is 0 Å². The number of phenolic OH excluding ortho intramolecular Hbond substituents is 1. The van der Waals surface area contributed by atoms with E-state index in [-0.39, 0.29) is 46.9 Å². The van der Waals surface area contributed by atoms with Crippen LogP contribution < -0.4 is 14.5 Å². The lowest BCUT2D eigenvalue weighted by atomic mass is 9.51. The number of imide groups is 2. The third-order valence-electron chi connectivity index (χ3n) is 10.7. The van der Waals surface area contributed by atoms with Gasteiger partial charge in [-0.2, -0.15) is 0 Å². The van der Waals surface area contributed by atoms with Gasteiger partial charge in [-0.1, -0.05) is 42.3 Å². The van der Waals surface area contributed by atoms with E-state index in [0.717, 1.165) is 28.5 Å². The second-order valence-corrected chi connectivity index (χ2v) is 14.9. The fourth-order valence-electron chi connectivity index (χ4n) is 8.34. The van der Waals surface area contributed by atoms with Gasteiger partial charge in [0, 0.05) is 10.4 Å². The van der Waals surface area contributed by atoms with E-state index >= 15 is 0 Å². The molecule has 0 radical (unpaired) electrons. The van der Waals surface area contributed by atoms with Crippen LogP contribution in [0, 0.1) is 34.9 Å². The van der Waals surface area contributed by atoms with Gasteiger partial charge in [-0.25, -0.2) is 9.29 Å². The van der Waals surface area contributed by atoms with Crippen LogP contribution in [0.15, 0.2) is 69.1 Å². The second-order valence-electron chi connectivity index (χ2n) is 12.9. The van der Waals surface area contributed by atoms with E-state index in [9.17, 15) is 28.7 Å². The molecule has 3 aromatic rings. The summed E-state index contributed by atoms with van der Waals surface area (Å²) < 4.78 is 20.4. The highest BCUT2D eigenvalue weighted by Crippen LogP contribution is 2.65. The molecule has 6 atom stereocenters. The van der Waals surface area contributed by atoms with Gasteiger partial charge in [0.05, 0.1) is 51.1 Å². The summed E-state index contributed by atoms with van der Waals surface area (Å²) in [6.07, 6.45) is 3.18. The molecule has 4 aliphatic rings. The first kappa shape index (κ1) is 33.0. The first-order chi connectivity index (χ1) is 22.8. The number of carbonyl (C=O) groups excluding carboxylic acids is 4. The number of hydrogen-bond donors (Lipinski definition) is 1. The molecule has 0 spiro atoms. The predicted molar refractivity (Wildman–Crippen MR) is 184 cm³/mol. The number of fused-ring (bicyclic) bond motifs is 4. The maximum absolute atomic E-state index is 14.7. The number of phenols is 1. The molecule has 2 aliphatic carbocycles. The van der Waals surface area contributed by atoms with Crippen molar-refractivity contribution in [3.63, 3.8) is 0 Å². The Kier molecular flexibility index (Phi) is 8.11. The maximum atomic E-state index is 14.7. The summed E-state index contributed by atoms with van der Waals surface area (Å²) in [5.74, 6) is -5.97. The van der Waals surface area contributed by atoms with Crippen LogP contribution in [0.5, 0.6) is 11.5 Å². The second kappa shape index (κ2) is 11.8. The Morgan fingerprint density at radius 1 is 0.958 bits per heavy atom. The summed E-state index contributed by atoms with van der Waals surface area (Å²) in [6.45, 7) is 3.76. The number of aromatic hydroxyl groups is 1. The van der Waals surface area contributed by atoms with E-state index < -0.39 is 52.6 Å². The minimum atomic E-state index is -1.38. The smallest absolute Gasteiger partial charge is 0.241 e. The summed E-state index contributed by atoms with van der Waals surface area (Å²) in [6, 6.07) is 12.7. The topological polar surface area (TPSA) is 104 Å².